The number of anilines is 1. The minimum Gasteiger partial charge on any atom is -0.381 e. The molecule has 3 heterocycles. The number of rotatable bonds is 2. The van der Waals surface area contributed by atoms with E-state index in [2.05, 4.69) is 9.88 Å². The van der Waals surface area contributed by atoms with Crippen LogP contribution >= 0.6 is 23.2 Å². The predicted octanol–water partition coefficient (Wildman–Crippen LogP) is 3.64. The maximum absolute atomic E-state index is 6.22. The molecule has 0 aromatic carbocycles. The summed E-state index contributed by atoms with van der Waals surface area (Å²) >= 11 is 12.4. The lowest BCUT2D eigenvalue weighted by molar-refractivity contribution is 0.165. The van der Waals surface area contributed by atoms with Crippen LogP contribution in [0.2, 0.25) is 10.0 Å². The first-order valence-corrected chi connectivity index (χ1v) is 7.63. The second-order valence-electron chi connectivity index (χ2n) is 5.40. The summed E-state index contributed by atoms with van der Waals surface area (Å²) < 4.78 is 5.50. The highest BCUT2D eigenvalue weighted by atomic mass is 35.5. The first kappa shape index (κ1) is 13.5. The molecule has 0 radical (unpaired) electrons. The summed E-state index contributed by atoms with van der Waals surface area (Å²) in [6.45, 7) is 3.92. The molecule has 2 aliphatic rings. The van der Waals surface area contributed by atoms with Crippen LogP contribution in [0.5, 0.6) is 0 Å². The van der Waals surface area contributed by atoms with Crippen LogP contribution in [0, 0.1) is 11.8 Å². The Morgan fingerprint density at radius 2 is 1.74 bits per heavy atom. The first-order valence-electron chi connectivity index (χ1n) is 6.87. The van der Waals surface area contributed by atoms with Gasteiger partial charge in [-0.15, -0.1) is 0 Å². The molecule has 1 aromatic heterocycles. The molecule has 0 amide bonds. The lowest BCUT2D eigenvalue weighted by Crippen LogP contribution is -2.36. The Balaban J connectivity index is 1.66. The molecule has 0 N–H and O–H groups in total. The number of aromatic nitrogens is 1. The average molecular weight is 301 g/mol. The fraction of sp³-hybridized carbons (Fsp3) is 0.643. The Morgan fingerprint density at radius 3 is 2.32 bits per heavy atom. The lowest BCUT2D eigenvalue weighted by Gasteiger charge is -2.36. The zero-order chi connectivity index (χ0) is 13.2. The van der Waals surface area contributed by atoms with Crippen LogP contribution in [0.4, 0.5) is 5.69 Å². The molecule has 0 saturated carbocycles. The molecule has 2 fully saturated rings. The fourth-order valence-electron chi connectivity index (χ4n) is 3.23. The van der Waals surface area contributed by atoms with Crippen LogP contribution in [0.15, 0.2) is 12.4 Å². The number of halogens is 2. The summed E-state index contributed by atoms with van der Waals surface area (Å²) in [5.41, 5.74) is 0.944. The molecule has 1 unspecified atom stereocenters. The van der Waals surface area contributed by atoms with E-state index in [0.717, 1.165) is 43.8 Å². The normalized spacial score (nSPS) is 24.9. The van der Waals surface area contributed by atoms with Crippen molar-refractivity contribution in [3.63, 3.8) is 0 Å². The van der Waals surface area contributed by atoms with E-state index in [4.69, 9.17) is 27.9 Å². The van der Waals surface area contributed by atoms with Crippen molar-refractivity contribution in [1.82, 2.24) is 4.98 Å². The summed E-state index contributed by atoms with van der Waals surface area (Å²) in [5.74, 6) is 1.55. The van der Waals surface area contributed by atoms with Crippen LogP contribution < -0.4 is 4.90 Å². The number of pyridine rings is 1. The van der Waals surface area contributed by atoms with Gasteiger partial charge in [-0.2, -0.15) is 0 Å². The summed E-state index contributed by atoms with van der Waals surface area (Å²) in [6.07, 6.45) is 6.95. The topological polar surface area (TPSA) is 25.4 Å². The van der Waals surface area contributed by atoms with Crippen molar-refractivity contribution in [1.29, 1.82) is 0 Å². The van der Waals surface area contributed by atoms with Gasteiger partial charge in [0.05, 0.1) is 15.7 Å². The van der Waals surface area contributed by atoms with E-state index in [9.17, 15) is 0 Å². The smallest absolute Gasteiger partial charge is 0.0838 e. The van der Waals surface area contributed by atoms with Gasteiger partial charge >= 0.3 is 0 Å². The van der Waals surface area contributed by atoms with Crippen molar-refractivity contribution in [2.45, 2.75) is 19.3 Å². The van der Waals surface area contributed by atoms with Crippen molar-refractivity contribution in [3.8, 4) is 0 Å². The van der Waals surface area contributed by atoms with Crippen LogP contribution in [0.1, 0.15) is 19.3 Å². The van der Waals surface area contributed by atoms with Gasteiger partial charge in [-0.1, -0.05) is 23.2 Å². The summed E-state index contributed by atoms with van der Waals surface area (Å²) in [4.78, 5) is 6.30. The Hall–Kier alpha value is -0.510. The number of hydrogen-bond acceptors (Lipinski definition) is 3. The Kier molecular flexibility index (Phi) is 4.15. The van der Waals surface area contributed by atoms with Crippen LogP contribution in [-0.2, 0) is 4.74 Å². The minimum absolute atomic E-state index is 0.648. The van der Waals surface area contributed by atoms with Gasteiger partial charge in [-0.05, 0) is 31.1 Å². The maximum atomic E-state index is 6.22. The molecular weight excluding hydrogens is 283 g/mol. The molecule has 3 nitrogen and oxygen atoms in total. The fourth-order valence-corrected chi connectivity index (χ4v) is 3.83. The van der Waals surface area contributed by atoms with E-state index < -0.39 is 0 Å². The number of piperidine rings is 1. The van der Waals surface area contributed by atoms with E-state index in [-0.39, 0.29) is 0 Å². The third kappa shape index (κ3) is 2.83. The zero-order valence-corrected chi connectivity index (χ0v) is 12.3. The molecule has 0 bridgehead atoms. The quantitative estimate of drug-likeness (QED) is 0.834. The monoisotopic (exact) mass is 300 g/mol. The Morgan fingerprint density at radius 1 is 1.05 bits per heavy atom. The van der Waals surface area contributed by atoms with Gasteiger partial charge < -0.3 is 9.64 Å². The molecule has 2 saturated heterocycles. The summed E-state index contributed by atoms with van der Waals surface area (Å²) in [5, 5.41) is 1.30. The molecular formula is C14H18Cl2N2O. The highest BCUT2D eigenvalue weighted by Crippen LogP contribution is 2.37. The number of nitrogens with zero attached hydrogens (tertiary/aromatic N) is 2. The van der Waals surface area contributed by atoms with Gasteiger partial charge in [0.15, 0.2) is 0 Å². The summed E-state index contributed by atoms with van der Waals surface area (Å²) in [7, 11) is 0. The second kappa shape index (κ2) is 5.86. The van der Waals surface area contributed by atoms with E-state index in [0.29, 0.717) is 10.0 Å². The van der Waals surface area contributed by atoms with Crippen LogP contribution in [-0.4, -0.2) is 31.3 Å². The first-order chi connectivity index (χ1) is 9.25. The molecule has 104 valence electrons. The average Bonchev–Trinajstić information content (AvgIpc) is 2.93. The molecule has 5 heteroatoms. The highest BCUT2D eigenvalue weighted by molar-refractivity contribution is 6.38. The molecule has 1 aromatic rings. The van der Waals surface area contributed by atoms with E-state index in [1.165, 1.54) is 19.3 Å². The van der Waals surface area contributed by atoms with Gasteiger partial charge in [-0.25, -0.2) is 0 Å². The molecule has 3 rings (SSSR count). The molecule has 0 spiro atoms. The van der Waals surface area contributed by atoms with Crippen molar-refractivity contribution >= 4 is 28.9 Å². The number of hydrogen-bond donors (Lipinski definition) is 0. The van der Waals surface area contributed by atoms with Crippen LogP contribution in [0.25, 0.3) is 0 Å². The third-order valence-corrected chi connectivity index (χ3v) is 4.87. The van der Waals surface area contributed by atoms with Gasteiger partial charge in [0.2, 0.25) is 0 Å². The predicted molar refractivity (Wildman–Crippen MR) is 78.1 cm³/mol. The molecule has 19 heavy (non-hydrogen) atoms. The van der Waals surface area contributed by atoms with Crippen molar-refractivity contribution in [3.05, 3.63) is 22.4 Å². The maximum Gasteiger partial charge on any atom is 0.0838 e. The SMILES string of the molecule is Clc1cncc(Cl)c1N1CCC(C2CCOC2)CC1. The van der Waals surface area contributed by atoms with Gasteiger partial charge in [-0.3, -0.25) is 4.98 Å². The third-order valence-electron chi connectivity index (χ3n) is 4.32. The van der Waals surface area contributed by atoms with E-state index in [1.807, 2.05) is 0 Å². The molecule has 2 aliphatic heterocycles. The Bertz CT molecular complexity index is 421. The standard InChI is InChI=1S/C14H18Cl2N2O/c15-12-7-17-8-13(16)14(12)18-4-1-10(2-5-18)11-3-6-19-9-11/h7-8,10-11H,1-6,9H2. The lowest BCUT2D eigenvalue weighted by atomic mass is 9.84. The van der Waals surface area contributed by atoms with Crippen molar-refractivity contribution in [2.75, 3.05) is 31.2 Å². The van der Waals surface area contributed by atoms with E-state index in [1.54, 1.807) is 12.4 Å². The van der Waals surface area contributed by atoms with Gasteiger partial charge in [0.25, 0.3) is 0 Å². The van der Waals surface area contributed by atoms with E-state index >= 15 is 0 Å². The van der Waals surface area contributed by atoms with Crippen molar-refractivity contribution in [2.24, 2.45) is 11.8 Å². The highest BCUT2D eigenvalue weighted by Gasteiger charge is 2.30. The van der Waals surface area contributed by atoms with Crippen LogP contribution in [0.3, 0.4) is 0 Å². The number of ether oxygens (including phenoxy) is 1. The summed E-state index contributed by atoms with van der Waals surface area (Å²) in [6, 6.07) is 0. The Labute approximate surface area is 123 Å². The van der Waals surface area contributed by atoms with Gasteiger partial charge in [0, 0.05) is 38.7 Å². The minimum atomic E-state index is 0.648. The zero-order valence-electron chi connectivity index (χ0n) is 10.8. The molecule has 0 aliphatic carbocycles. The largest absolute Gasteiger partial charge is 0.381 e. The molecule has 1 atom stereocenters. The van der Waals surface area contributed by atoms with Gasteiger partial charge in [0.1, 0.15) is 0 Å². The second-order valence-corrected chi connectivity index (χ2v) is 6.21. The van der Waals surface area contributed by atoms with Crippen molar-refractivity contribution < 1.29 is 4.74 Å².